The number of alkyl halides is 1. The Balaban J connectivity index is 2.43. The van der Waals surface area contributed by atoms with Crippen LogP contribution in [-0.4, -0.2) is 29.1 Å². The van der Waals surface area contributed by atoms with E-state index in [-0.39, 0.29) is 5.82 Å². The fourth-order valence-corrected chi connectivity index (χ4v) is 2.46. The largest absolute Gasteiger partial charge is 0.384 e. The summed E-state index contributed by atoms with van der Waals surface area (Å²) in [5.41, 5.74) is 1.25. The van der Waals surface area contributed by atoms with E-state index in [0.29, 0.717) is 30.3 Å². The summed E-state index contributed by atoms with van der Waals surface area (Å²) in [6, 6.07) is 5.03. The SMILES string of the molecule is COCC(C)Cn1c(CCCl)nc2c(F)cccc21. The first-order chi connectivity index (χ1) is 9.17. The van der Waals surface area contributed by atoms with Crippen molar-refractivity contribution < 1.29 is 9.13 Å². The number of fused-ring (bicyclic) bond motifs is 1. The van der Waals surface area contributed by atoms with E-state index in [9.17, 15) is 4.39 Å². The first-order valence-electron chi connectivity index (χ1n) is 6.36. The molecule has 1 atom stereocenters. The van der Waals surface area contributed by atoms with Gasteiger partial charge in [0.2, 0.25) is 0 Å². The molecule has 0 aliphatic rings. The third-order valence-electron chi connectivity index (χ3n) is 3.07. The van der Waals surface area contributed by atoms with Crippen LogP contribution in [0.5, 0.6) is 0 Å². The number of aryl methyl sites for hydroxylation is 1. The molecule has 0 radical (unpaired) electrons. The van der Waals surface area contributed by atoms with Gasteiger partial charge in [-0.3, -0.25) is 0 Å². The molecule has 19 heavy (non-hydrogen) atoms. The van der Waals surface area contributed by atoms with E-state index < -0.39 is 0 Å². The molecule has 0 N–H and O–H groups in total. The van der Waals surface area contributed by atoms with E-state index in [1.165, 1.54) is 6.07 Å². The molecular formula is C14H18ClFN2O. The van der Waals surface area contributed by atoms with E-state index in [1.807, 2.05) is 10.6 Å². The minimum atomic E-state index is -0.286. The number of rotatable bonds is 6. The standard InChI is InChI=1S/C14H18ClFN2O/c1-10(9-19-2)8-18-12-5-3-4-11(16)14(12)17-13(18)6-7-15/h3-5,10H,6-9H2,1-2H3. The Morgan fingerprint density at radius 2 is 2.26 bits per heavy atom. The number of benzene rings is 1. The molecule has 5 heteroatoms. The second kappa shape index (κ2) is 6.35. The molecule has 0 spiro atoms. The predicted octanol–water partition coefficient (Wildman–Crippen LogP) is 3.24. The van der Waals surface area contributed by atoms with Crippen molar-refractivity contribution in [2.75, 3.05) is 19.6 Å². The van der Waals surface area contributed by atoms with E-state index in [2.05, 4.69) is 11.9 Å². The van der Waals surface area contributed by atoms with Gasteiger partial charge in [-0.25, -0.2) is 9.37 Å². The number of ether oxygens (including phenoxy) is 1. The van der Waals surface area contributed by atoms with Gasteiger partial charge < -0.3 is 9.30 Å². The van der Waals surface area contributed by atoms with E-state index in [4.69, 9.17) is 16.3 Å². The summed E-state index contributed by atoms with van der Waals surface area (Å²) in [4.78, 5) is 4.38. The summed E-state index contributed by atoms with van der Waals surface area (Å²) in [6.45, 7) is 3.51. The number of aromatic nitrogens is 2. The van der Waals surface area contributed by atoms with Crippen molar-refractivity contribution in [2.45, 2.75) is 19.9 Å². The summed E-state index contributed by atoms with van der Waals surface area (Å²) in [5.74, 6) is 1.35. The van der Waals surface area contributed by atoms with Crippen LogP contribution < -0.4 is 0 Å². The van der Waals surface area contributed by atoms with Gasteiger partial charge in [0.25, 0.3) is 0 Å². The molecule has 0 aliphatic carbocycles. The molecular weight excluding hydrogens is 267 g/mol. The highest BCUT2D eigenvalue weighted by molar-refractivity contribution is 6.17. The molecule has 2 rings (SSSR count). The van der Waals surface area contributed by atoms with Crippen LogP contribution in [0, 0.1) is 11.7 Å². The second-order valence-corrected chi connectivity index (χ2v) is 5.12. The molecule has 1 heterocycles. The van der Waals surface area contributed by atoms with E-state index in [1.54, 1.807) is 13.2 Å². The molecule has 1 aromatic carbocycles. The molecule has 0 saturated heterocycles. The van der Waals surface area contributed by atoms with Crippen LogP contribution in [0.2, 0.25) is 0 Å². The lowest BCUT2D eigenvalue weighted by Gasteiger charge is -2.14. The van der Waals surface area contributed by atoms with Crippen LogP contribution in [0.3, 0.4) is 0 Å². The van der Waals surface area contributed by atoms with Gasteiger partial charge in [0.15, 0.2) is 5.82 Å². The monoisotopic (exact) mass is 284 g/mol. The van der Waals surface area contributed by atoms with Gasteiger partial charge in [-0.15, -0.1) is 11.6 Å². The Morgan fingerprint density at radius 1 is 1.47 bits per heavy atom. The molecule has 1 aromatic heterocycles. The molecule has 104 valence electrons. The Kier molecular flexibility index (Phi) is 4.77. The topological polar surface area (TPSA) is 27.1 Å². The smallest absolute Gasteiger partial charge is 0.151 e. The van der Waals surface area contributed by atoms with Crippen molar-refractivity contribution in [2.24, 2.45) is 5.92 Å². The molecule has 1 unspecified atom stereocenters. The highest BCUT2D eigenvalue weighted by atomic mass is 35.5. The van der Waals surface area contributed by atoms with Gasteiger partial charge in [0.05, 0.1) is 12.1 Å². The molecule has 0 bridgehead atoms. The third-order valence-corrected chi connectivity index (χ3v) is 3.26. The Labute approximate surface area is 117 Å². The van der Waals surface area contributed by atoms with Crippen molar-refractivity contribution in [1.82, 2.24) is 9.55 Å². The average molecular weight is 285 g/mol. The van der Waals surface area contributed by atoms with Gasteiger partial charge in [0.1, 0.15) is 11.3 Å². The van der Waals surface area contributed by atoms with Crippen molar-refractivity contribution in [3.8, 4) is 0 Å². The quantitative estimate of drug-likeness (QED) is 0.762. The number of hydrogen-bond acceptors (Lipinski definition) is 2. The summed E-state index contributed by atoms with van der Waals surface area (Å²) in [7, 11) is 1.68. The van der Waals surface area contributed by atoms with Crippen molar-refractivity contribution >= 4 is 22.6 Å². The lowest BCUT2D eigenvalue weighted by molar-refractivity contribution is 0.151. The molecule has 0 fully saturated rings. The number of nitrogens with zero attached hydrogens (tertiary/aromatic N) is 2. The second-order valence-electron chi connectivity index (χ2n) is 4.75. The summed E-state index contributed by atoms with van der Waals surface area (Å²) in [6.07, 6.45) is 0.634. The molecule has 2 aromatic rings. The predicted molar refractivity (Wildman–Crippen MR) is 75.2 cm³/mol. The van der Waals surface area contributed by atoms with Crippen LogP contribution in [-0.2, 0) is 17.7 Å². The van der Waals surface area contributed by atoms with Gasteiger partial charge in [-0.2, -0.15) is 0 Å². The van der Waals surface area contributed by atoms with Crippen molar-refractivity contribution in [3.05, 3.63) is 29.8 Å². The van der Waals surface area contributed by atoms with Crippen LogP contribution in [0.25, 0.3) is 11.0 Å². The maximum absolute atomic E-state index is 13.8. The fraction of sp³-hybridized carbons (Fsp3) is 0.500. The maximum atomic E-state index is 13.8. The first kappa shape index (κ1) is 14.3. The number of halogens is 2. The Morgan fingerprint density at radius 3 is 2.95 bits per heavy atom. The van der Waals surface area contributed by atoms with E-state index >= 15 is 0 Å². The molecule has 0 amide bonds. The van der Waals surface area contributed by atoms with Gasteiger partial charge in [0, 0.05) is 26.0 Å². The highest BCUT2D eigenvalue weighted by Crippen LogP contribution is 2.21. The van der Waals surface area contributed by atoms with Gasteiger partial charge >= 0.3 is 0 Å². The number of para-hydroxylation sites is 1. The first-order valence-corrected chi connectivity index (χ1v) is 6.89. The summed E-state index contributed by atoms with van der Waals surface area (Å²) in [5, 5.41) is 0. The fourth-order valence-electron chi connectivity index (χ4n) is 2.29. The summed E-state index contributed by atoms with van der Waals surface area (Å²) >= 11 is 5.80. The number of hydrogen-bond donors (Lipinski definition) is 0. The average Bonchev–Trinajstić information content (AvgIpc) is 2.71. The zero-order valence-corrected chi connectivity index (χ0v) is 12.0. The van der Waals surface area contributed by atoms with Gasteiger partial charge in [-0.05, 0) is 18.1 Å². The minimum Gasteiger partial charge on any atom is -0.384 e. The number of imidazole rings is 1. The lowest BCUT2D eigenvalue weighted by atomic mass is 10.2. The highest BCUT2D eigenvalue weighted by Gasteiger charge is 2.15. The Hall–Kier alpha value is -1.13. The van der Waals surface area contributed by atoms with Crippen molar-refractivity contribution in [1.29, 1.82) is 0 Å². The zero-order chi connectivity index (χ0) is 13.8. The molecule has 0 saturated carbocycles. The van der Waals surface area contributed by atoms with Crippen LogP contribution in [0.4, 0.5) is 4.39 Å². The lowest BCUT2D eigenvalue weighted by Crippen LogP contribution is -2.15. The normalized spacial score (nSPS) is 13.1. The van der Waals surface area contributed by atoms with E-state index in [0.717, 1.165) is 17.9 Å². The number of methoxy groups -OCH3 is 1. The summed E-state index contributed by atoms with van der Waals surface area (Å²) < 4.78 is 21.0. The third kappa shape index (κ3) is 3.07. The Bertz CT molecular complexity index is 556. The molecule has 3 nitrogen and oxygen atoms in total. The zero-order valence-electron chi connectivity index (χ0n) is 11.2. The minimum absolute atomic E-state index is 0.286. The van der Waals surface area contributed by atoms with Gasteiger partial charge in [-0.1, -0.05) is 13.0 Å². The van der Waals surface area contributed by atoms with Crippen molar-refractivity contribution in [3.63, 3.8) is 0 Å². The van der Waals surface area contributed by atoms with Crippen LogP contribution in [0.1, 0.15) is 12.7 Å². The molecule has 0 aliphatic heterocycles. The van der Waals surface area contributed by atoms with Crippen LogP contribution in [0.15, 0.2) is 18.2 Å². The maximum Gasteiger partial charge on any atom is 0.151 e. The van der Waals surface area contributed by atoms with Crippen LogP contribution >= 0.6 is 11.6 Å².